The van der Waals surface area contributed by atoms with E-state index in [2.05, 4.69) is 21.2 Å². The van der Waals surface area contributed by atoms with Crippen molar-refractivity contribution in [3.63, 3.8) is 0 Å². The van der Waals surface area contributed by atoms with Gasteiger partial charge in [0.15, 0.2) is 22.4 Å². The van der Waals surface area contributed by atoms with Gasteiger partial charge in [-0.1, -0.05) is 36.1 Å². The van der Waals surface area contributed by atoms with Gasteiger partial charge in [0.2, 0.25) is 0 Å². The molecule has 6 nitrogen and oxygen atoms in total. The number of carbonyl (C=O) groups is 2. The van der Waals surface area contributed by atoms with Crippen molar-refractivity contribution in [1.29, 1.82) is 0 Å². The van der Waals surface area contributed by atoms with Gasteiger partial charge in [0, 0.05) is 5.69 Å². The number of anilines is 2. The minimum absolute atomic E-state index is 0.205. The number of nitrogens with one attached hydrogen (secondary N) is 1. The molecule has 0 spiro atoms. The lowest BCUT2D eigenvalue weighted by Gasteiger charge is -2.15. The summed E-state index contributed by atoms with van der Waals surface area (Å²) in [6.45, 7) is 1.66. The lowest BCUT2D eigenvalue weighted by atomic mass is 10.1. The molecule has 184 valence electrons. The SMILES string of the molecule is COc1cc(/C=C2\SC(=S)N(c3cccc(C)c3)C2=O)cc(Br)c1OCC(=O)Nc1ccc(F)cc1. The summed E-state index contributed by atoms with van der Waals surface area (Å²) in [6.07, 6.45) is 1.73. The number of nitrogens with zero attached hydrogens (tertiary/aromatic N) is 1. The zero-order valence-corrected chi connectivity index (χ0v) is 22.4. The minimum Gasteiger partial charge on any atom is -0.493 e. The van der Waals surface area contributed by atoms with Crippen LogP contribution in [0, 0.1) is 12.7 Å². The second-order valence-electron chi connectivity index (χ2n) is 7.73. The lowest BCUT2D eigenvalue weighted by Crippen LogP contribution is -2.27. The molecule has 1 saturated heterocycles. The zero-order chi connectivity index (χ0) is 25.8. The molecule has 36 heavy (non-hydrogen) atoms. The number of amides is 2. The summed E-state index contributed by atoms with van der Waals surface area (Å²) in [7, 11) is 1.48. The van der Waals surface area contributed by atoms with Crippen LogP contribution in [0.1, 0.15) is 11.1 Å². The number of benzene rings is 3. The van der Waals surface area contributed by atoms with Gasteiger partial charge >= 0.3 is 0 Å². The summed E-state index contributed by atoms with van der Waals surface area (Å²) in [5, 5.41) is 2.63. The number of rotatable bonds is 7. The number of halogens is 2. The molecule has 0 atom stereocenters. The van der Waals surface area contributed by atoms with Crippen LogP contribution in [0.5, 0.6) is 11.5 Å². The maximum Gasteiger partial charge on any atom is 0.270 e. The summed E-state index contributed by atoms with van der Waals surface area (Å²) in [5.41, 5.74) is 2.89. The average Bonchev–Trinajstić information content (AvgIpc) is 3.12. The van der Waals surface area contributed by atoms with Crippen molar-refractivity contribution in [3.8, 4) is 11.5 Å². The fourth-order valence-electron chi connectivity index (χ4n) is 3.44. The van der Waals surface area contributed by atoms with Crippen molar-refractivity contribution in [2.45, 2.75) is 6.92 Å². The number of carbonyl (C=O) groups excluding carboxylic acids is 2. The summed E-state index contributed by atoms with van der Waals surface area (Å²) >= 11 is 10.1. The molecule has 3 aromatic rings. The second kappa shape index (κ2) is 11.2. The standard InChI is InChI=1S/C26H20BrFN2O4S2/c1-15-4-3-5-19(10-15)30-25(32)22(36-26(30)35)13-16-11-20(27)24(21(12-16)33-2)34-14-23(31)29-18-8-6-17(28)7-9-18/h3-13H,14H2,1-2H3,(H,29,31)/b22-13-. The van der Waals surface area contributed by atoms with Crippen LogP contribution in [0.15, 0.2) is 70.0 Å². The van der Waals surface area contributed by atoms with Crippen LogP contribution in [0.4, 0.5) is 15.8 Å². The molecule has 10 heteroatoms. The van der Waals surface area contributed by atoms with E-state index in [0.717, 1.165) is 11.3 Å². The Morgan fingerprint density at radius 2 is 1.94 bits per heavy atom. The molecule has 0 unspecified atom stereocenters. The predicted octanol–water partition coefficient (Wildman–Crippen LogP) is 6.33. The van der Waals surface area contributed by atoms with Gasteiger partial charge in [-0.05, 0) is 88.6 Å². The van der Waals surface area contributed by atoms with Gasteiger partial charge in [0.25, 0.3) is 11.8 Å². The molecule has 1 aliphatic rings. The maximum atomic E-state index is 13.1. The predicted molar refractivity (Wildman–Crippen MR) is 148 cm³/mol. The molecule has 2 amide bonds. The molecule has 0 aliphatic carbocycles. The highest BCUT2D eigenvalue weighted by molar-refractivity contribution is 9.10. The Hall–Kier alpha value is -3.21. The number of thioether (sulfide) groups is 1. The van der Waals surface area contributed by atoms with Gasteiger partial charge in [-0.15, -0.1) is 0 Å². The molecule has 0 saturated carbocycles. The summed E-state index contributed by atoms with van der Waals surface area (Å²) in [6, 6.07) is 16.5. The Kier molecular flexibility index (Phi) is 8.07. The van der Waals surface area contributed by atoms with E-state index in [0.29, 0.717) is 36.4 Å². The summed E-state index contributed by atoms with van der Waals surface area (Å²) in [5.74, 6) is -0.311. The van der Waals surface area contributed by atoms with E-state index in [4.69, 9.17) is 21.7 Å². The van der Waals surface area contributed by atoms with E-state index in [1.165, 1.54) is 48.0 Å². The number of thiocarbonyl (C=S) groups is 1. The van der Waals surface area contributed by atoms with E-state index < -0.39 is 11.7 Å². The number of ether oxygens (including phenoxy) is 2. The van der Waals surface area contributed by atoms with E-state index in [9.17, 15) is 14.0 Å². The van der Waals surface area contributed by atoms with Crippen molar-refractivity contribution in [3.05, 3.63) is 87.0 Å². The third-order valence-electron chi connectivity index (χ3n) is 5.08. The molecule has 0 radical (unpaired) electrons. The maximum absolute atomic E-state index is 13.1. The third-order valence-corrected chi connectivity index (χ3v) is 6.97. The van der Waals surface area contributed by atoms with Crippen LogP contribution >= 0.6 is 39.9 Å². The van der Waals surface area contributed by atoms with Crippen LogP contribution in [0.25, 0.3) is 6.08 Å². The molecule has 0 bridgehead atoms. The Labute approximate surface area is 225 Å². The molecule has 1 N–H and O–H groups in total. The van der Waals surface area contributed by atoms with Gasteiger partial charge in [0.05, 0.1) is 22.2 Å². The molecule has 3 aromatic carbocycles. The van der Waals surface area contributed by atoms with Crippen LogP contribution in [-0.2, 0) is 9.59 Å². The highest BCUT2D eigenvalue weighted by atomic mass is 79.9. The summed E-state index contributed by atoms with van der Waals surface area (Å²) < 4.78 is 25.2. The first kappa shape index (κ1) is 25.9. The van der Waals surface area contributed by atoms with Gasteiger partial charge in [-0.25, -0.2) is 4.39 Å². The second-order valence-corrected chi connectivity index (χ2v) is 10.3. The van der Waals surface area contributed by atoms with Gasteiger partial charge in [0.1, 0.15) is 5.82 Å². The highest BCUT2D eigenvalue weighted by Gasteiger charge is 2.33. The molecular formula is C26H20BrFN2O4S2. The number of methoxy groups -OCH3 is 1. The van der Waals surface area contributed by atoms with E-state index in [-0.39, 0.29) is 12.5 Å². The minimum atomic E-state index is -0.417. The first-order valence-electron chi connectivity index (χ1n) is 10.7. The first-order chi connectivity index (χ1) is 17.2. The number of hydrogen-bond donors (Lipinski definition) is 1. The first-order valence-corrected chi connectivity index (χ1v) is 12.7. The van der Waals surface area contributed by atoms with E-state index in [1.807, 2.05) is 31.2 Å². The fraction of sp³-hybridized carbons (Fsp3) is 0.115. The van der Waals surface area contributed by atoms with Crippen molar-refractivity contribution in [2.24, 2.45) is 0 Å². The van der Waals surface area contributed by atoms with Crippen LogP contribution in [0.3, 0.4) is 0 Å². The molecular weight excluding hydrogens is 567 g/mol. The van der Waals surface area contributed by atoms with Crippen LogP contribution in [0.2, 0.25) is 0 Å². The Balaban J connectivity index is 1.50. The van der Waals surface area contributed by atoms with Crippen molar-refractivity contribution < 1.29 is 23.5 Å². The zero-order valence-electron chi connectivity index (χ0n) is 19.2. The van der Waals surface area contributed by atoms with Gasteiger partial charge < -0.3 is 14.8 Å². The van der Waals surface area contributed by atoms with Gasteiger partial charge in [-0.2, -0.15) is 0 Å². The third kappa shape index (κ3) is 5.95. The average molecular weight is 587 g/mol. The van der Waals surface area contributed by atoms with Crippen molar-refractivity contribution >= 4 is 73.5 Å². The summed E-state index contributed by atoms with van der Waals surface area (Å²) in [4.78, 5) is 27.4. The molecule has 1 heterocycles. The smallest absolute Gasteiger partial charge is 0.270 e. The molecule has 1 aliphatic heterocycles. The normalized spacial score (nSPS) is 14.3. The van der Waals surface area contributed by atoms with Crippen LogP contribution < -0.4 is 19.7 Å². The van der Waals surface area contributed by atoms with E-state index in [1.54, 1.807) is 18.2 Å². The fourth-order valence-corrected chi connectivity index (χ4v) is 5.31. The monoisotopic (exact) mass is 586 g/mol. The lowest BCUT2D eigenvalue weighted by molar-refractivity contribution is -0.118. The Morgan fingerprint density at radius 3 is 2.64 bits per heavy atom. The molecule has 4 rings (SSSR count). The van der Waals surface area contributed by atoms with Crippen molar-refractivity contribution in [2.75, 3.05) is 23.9 Å². The van der Waals surface area contributed by atoms with Crippen LogP contribution in [-0.4, -0.2) is 29.9 Å². The molecule has 0 aromatic heterocycles. The largest absolute Gasteiger partial charge is 0.493 e. The Bertz CT molecular complexity index is 1380. The van der Waals surface area contributed by atoms with Crippen molar-refractivity contribution in [1.82, 2.24) is 0 Å². The number of hydrogen-bond acceptors (Lipinski definition) is 6. The Morgan fingerprint density at radius 1 is 1.19 bits per heavy atom. The highest BCUT2D eigenvalue weighted by Crippen LogP contribution is 2.40. The van der Waals surface area contributed by atoms with E-state index >= 15 is 0 Å². The molecule has 1 fully saturated rings. The topological polar surface area (TPSA) is 67.9 Å². The van der Waals surface area contributed by atoms with Gasteiger partial charge in [-0.3, -0.25) is 14.5 Å². The quantitative estimate of drug-likeness (QED) is 0.258. The number of aryl methyl sites for hydroxylation is 1.